The SMILES string of the molecule is CCOC(=O)Cn1nc(-c2ccc(Cl)cc2)n(CC(O)C(F)(F)F)c1=O. The number of aromatic nitrogens is 3. The van der Waals surface area contributed by atoms with Crippen molar-refractivity contribution in [2.45, 2.75) is 32.3 Å². The highest BCUT2D eigenvalue weighted by Gasteiger charge is 2.39. The number of benzene rings is 1. The molecule has 7 nitrogen and oxygen atoms in total. The number of hydrogen-bond acceptors (Lipinski definition) is 5. The summed E-state index contributed by atoms with van der Waals surface area (Å²) >= 11 is 5.78. The monoisotopic (exact) mass is 393 g/mol. The van der Waals surface area contributed by atoms with Gasteiger partial charge in [-0.15, -0.1) is 5.10 Å². The summed E-state index contributed by atoms with van der Waals surface area (Å²) in [4.78, 5) is 24.0. The fourth-order valence-corrected chi connectivity index (χ4v) is 2.25. The Bertz CT molecular complexity index is 830. The van der Waals surface area contributed by atoms with Crippen molar-refractivity contribution in [2.75, 3.05) is 6.61 Å². The zero-order chi connectivity index (χ0) is 19.5. The van der Waals surface area contributed by atoms with E-state index < -0.39 is 37.0 Å². The molecule has 0 saturated heterocycles. The first-order chi connectivity index (χ1) is 12.1. The van der Waals surface area contributed by atoms with Gasteiger partial charge in [0.1, 0.15) is 6.54 Å². The Labute approximate surface area is 150 Å². The molecule has 1 atom stereocenters. The van der Waals surface area contributed by atoms with E-state index in [0.717, 1.165) is 0 Å². The van der Waals surface area contributed by atoms with Gasteiger partial charge in [0, 0.05) is 10.6 Å². The minimum atomic E-state index is -4.92. The molecule has 0 bridgehead atoms. The van der Waals surface area contributed by atoms with E-state index in [1.807, 2.05) is 0 Å². The fourth-order valence-electron chi connectivity index (χ4n) is 2.13. The number of aliphatic hydroxyl groups excluding tert-OH is 1. The van der Waals surface area contributed by atoms with Gasteiger partial charge in [-0.05, 0) is 31.2 Å². The number of halogens is 4. The highest BCUT2D eigenvalue weighted by molar-refractivity contribution is 6.30. The van der Waals surface area contributed by atoms with Crippen molar-refractivity contribution in [1.82, 2.24) is 14.3 Å². The van der Waals surface area contributed by atoms with E-state index in [2.05, 4.69) is 5.10 Å². The fraction of sp³-hybridized carbons (Fsp3) is 0.400. The Morgan fingerprint density at radius 3 is 2.50 bits per heavy atom. The van der Waals surface area contributed by atoms with Crippen LogP contribution in [0.15, 0.2) is 29.1 Å². The maximum atomic E-state index is 12.7. The van der Waals surface area contributed by atoms with E-state index in [1.165, 1.54) is 24.3 Å². The van der Waals surface area contributed by atoms with Crippen LogP contribution >= 0.6 is 11.6 Å². The first-order valence-corrected chi connectivity index (χ1v) is 7.85. The van der Waals surface area contributed by atoms with Crippen LogP contribution in [0.4, 0.5) is 13.2 Å². The molecule has 0 radical (unpaired) electrons. The van der Waals surface area contributed by atoms with Crippen molar-refractivity contribution >= 4 is 17.6 Å². The summed E-state index contributed by atoms with van der Waals surface area (Å²) in [5.41, 5.74) is -0.685. The average molecular weight is 394 g/mol. The molecular weight excluding hydrogens is 379 g/mol. The van der Waals surface area contributed by atoms with E-state index >= 15 is 0 Å². The van der Waals surface area contributed by atoms with Gasteiger partial charge in [0.2, 0.25) is 0 Å². The van der Waals surface area contributed by atoms with Crippen LogP contribution in [0.25, 0.3) is 11.4 Å². The lowest BCUT2D eigenvalue weighted by molar-refractivity contribution is -0.207. The smallest absolute Gasteiger partial charge is 0.416 e. The van der Waals surface area contributed by atoms with Crippen LogP contribution in [0.3, 0.4) is 0 Å². The molecule has 2 rings (SSSR count). The van der Waals surface area contributed by atoms with Gasteiger partial charge in [0.15, 0.2) is 11.9 Å². The van der Waals surface area contributed by atoms with E-state index in [9.17, 15) is 27.9 Å². The lowest BCUT2D eigenvalue weighted by atomic mass is 10.2. The summed E-state index contributed by atoms with van der Waals surface area (Å²) in [6.45, 7) is 0.00865. The van der Waals surface area contributed by atoms with Gasteiger partial charge in [-0.3, -0.25) is 9.36 Å². The minimum Gasteiger partial charge on any atom is -0.465 e. The summed E-state index contributed by atoms with van der Waals surface area (Å²) in [6, 6.07) is 5.84. The molecular formula is C15H15ClF3N3O4. The van der Waals surface area contributed by atoms with Crippen molar-refractivity contribution in [3.05, 3.63) is 39.8 Å². The van der Waals surface area contributed by atoms with Crippen LogP contribution in [0.5, 0.6) is 0 Å². The number of carbonyl (C=O) groups excluding carboxylic acids is 1. The van der Waals surface area contributed by atoms with Crippen LogP contribution in [0.2, 0.25) is 5.02 Å². The molecule has 0 fully saturated rings. The van der Waals surface area contributed by atoms with Gasteiger partial charge in [-0.25, -0.2) is 9.48 Å². The van der Waals surface area contributed by atoms with Crippen LogP contribution < -0.4 is 5.69 Å². The number of aliphatic hydroxyl groups is 1. The first-order valence-electron chi connectivity index (χ1n) is 7.47. The highest BCUT2D eigenvalue weighted by Crippen LogP contribution is 2.24. The molecule has 1 aromatic heterocycles. The topological polar surface area (TPSA) is 86.3 Å². The number of nitrogens with zero attached hydrogens (tertiary/aromatic N) is 3. The molecule has 0 saturated carbocycles. The molecule has 1 aromatic carbocycles. The predicted octanol–water partition coefficient (Wildman–Crippen LogP) is 1.85. The molecule has 0 amide bonds. The zero-order valence-corrected chi connectivity index (χ0v) is 14.3. The molecule has 2 aromatic rings. The molecule has 142 valence electrons. The molecule has 26 heavy (non-hydrogen) atoms. The zero-order valence-electron chi connectivity index (χ0n) is 13.5. The maximum Gasteiger partial charge on any atom is 0.416 e. The van der Waals surface area contributed by atoms with E-state index in [-0.39, 0.29) is 12.4 Å². The van der Waals surface area contributed by atoms with Gasteiger partial charge in [0.25, 0.3) is 0 Å². The van der Waals surface area contributed by atoms with Gasteiger partial charge >= 0.3 is 17.8 Å². The normalized spacial score (nSPS) is 12.8. The van der Waals surface area contributed by atoms with Gasteiger partial charge < -0.3 is 9.84 Å². The van der Waals surface area contributed by atoms with Gasteiger partial charge in [-0.1, -0.05) is 11.6 Å². The van der Waals surface area contributed by atoms with Crippen molar-refractivity contribution in [1.29, 1.82) is 0 Å². The third kappa shape index (κ3) is 4.64. The molecule has 0 aliphatic rings. The molecule has 0 spiro atoms. The van der Waals surface area contributed by atoms with Crippen molar-refractivity contribution in [3.8, 4) is 11.4 Å². The Morgan fingerprint density at radius 1 is 1.35 bits per heavy atom. The number of alkyl halides is 3. The summed E-state index contributed by atoms with van der Waals surface area (Å²) in [5, 5.41) is 13.6. The molecule has 1 N–H and O–H groups in total. The van der Waals surface area contributed by atoms with Gasteiger partial charge in [0.05, 0.1) is 13.2 Å². The van der Waals surface area contributed by atoms with Crippen LogP contribution in [0, 0.1) is 0 Å². The Balaban J connectivity index is 2.48. The highest BCUT2D eigenvalue weighted by atomic mass is 35.5. The first kappa shape index (κ1) is 20.0. The number of esters is 1. The lowest BCUT2D eigenvalue weighted by Crippen LogP contribution is -2.37. The number of rotatable bonds is 6. The van der Waals surface area contributed by atoms with Crippen molar-refractivity contribution in [2.24, 2.45) is 0 Å². The quantitative estimate of drug-likeness (QED) is 0.757. The largest absolute Gasteiger partial charge is 0.465 e. The molecule has 1 unspecified atom stereocenters. The third-order valence-electron chi connectivity index (χ3n) is 3.34. The number of hydrogen-bond donors (Lipinski definition) is 1. The molecule has 1 heterocycles. The summed E-state index contributed by atoms with van der Waals surface area (Å²) in [6.07, 6.45) is -7.69. The van der Waals surface area contributed by atoms with Crippen molar-refractivity contribution in [3.63, 3.8) is 0 Å². The molecule has 0 aliphatic heterocycles. The molecule has 0 aliphatic carbocycles. The summed E-state index contributed by atoms with van der Waals surface area (Å²) in [5.74, 6) is -0.905. The van der Waals surface area contributed by atoms with Crippen LogP contribution in [0.1, 0.15) is 6.92 Å². The average Bonchev–Trinajstić information content (AvgIpc) is 2.84. The number of carbonyl (C=O) groups is 1. The summed E-state index contributed by atoms with van der Waals surface area (Å²) < 4.78 is 44.1. The molecule has 11 heteroatoms. The van der Waals surface area contributed by atoms with Crippen LogP contribution in [-0.2, 0) is 22.6 Å². The standard InChI is InChI=1S/C15H15ClF3N3O4/c1-2-26-12(24)8-22-14(25)21(7-11(23)15(17,18)19)13(20-22)9-3-5-10(16)6-4-9/h3-6,11,23H,2,7-8H2,1H3. The third-order valence-corrected chi connectivity index (χ3v) is 3.59. The minimum absolute atomic E-state index is 0.0745. The van der Waals surface area contributed by atoms with Crippen molar-refractivity contribution < 1.29 is 27.8 Å². The maximum absolute atomic E-state index is 12.7. The van der Waals surface area contributed by atoms with E-state index in [0.29, 0.717) is 19.8 Å². The number of ether oxygens (including phenoxy) is 1. The Kier molecular flexibility index (Phi) is 6.09. The second-order valence-electron chi connectivity index (χ2n) is 5.24. The van der Waals surface area contributed by atoms with Crippen LogP contribution in [-0.4, -0.2) is 44.3 Å². The Hall–Kier alpha value is -2.33. The van der Waals surface area contributed by atoms with Gasteiger partial charge in [-0.2, -0.15) is 13.2 Å². The second-order valence-corrected chi connectivity index (χ2v) is 5.68. The second kappa shape index (κ2) is 7.92. The lowest BCUT2D eigenvalue weighted by Gasteiger charge is -2.15. The predicted molar refractivity (Wildman–Crippen MR) is 85.6 cm³/mol. The van der Waals surface area contributed by atoms with E-state index in [1.54, 1.807) is 6.92 Å². The Morgan fingerprint density at radius 2 is 1.96 bits per heavy atom. The summed E-state index contributed by atoms with van der Waals surface area (Å²) in [7, 11) is 0. The van der Waals surface area contributed by atoms with E-state index in [4.69, 9.17) is 16.3 Å².